The fourth-order valence-corrected chi connectivity index (χ4v) is 7.18. The van der Waals surface area contributed by atoms with E-state index in [1.807, 2.05) is 0 Å². The summed E-state index contributed by atoms with van der Waals surface area (Å²) in [6.45, 7) is 1.22. The molecule has 10 nitrogen and oxygen atoms in total. The van der Waals surface area contributed by atoms with Crippen LogP contribution in [-0.4, -0.2) is 52.5 Å². The molecule has 0 unspecified atom stereocenters. The lowest BCUT2D eigenvalue weighted by atomic mass is 10.3. The second kappa shape index (κ2) is 8.52. The molecular formula is C15H16Cl2F5N5O5S3. The first kappa shape index (κ1) is 29.2. The number of hydrogen-bond acceptors (Lipinski definition) is 8. The van der Waals surface area contributed by atoms with Crippen LogP contribution >= 0.6 is 33.4 Å². The van der Waals surface area contributed by atoms with E-state index in [1.54, 1.807) is 6.92 Å². The molecule has 1 heterocycles. The van der Waals surface area contributed by atoms with Crippen molar-refractivity contribution >= 4 is 65.0 Å². The van der Waals surface area contributed by atoms with Crippen LogP contribution in [0.3, 0.4) is 0 Å². The number of nitrogens with one attached hydrogen (secondary N) is 1. The molecule has 1 aromatic carbocycles. The van der Waals surface area contributed by atoms with E-state index in [4.69, 9.17) is 27.9 Å². The Morgan fingerprint density at radius 1 is 1.11 bits per heavy atom. The van der Waals surface area contributed by atoms with E-state index >= 15 is 0 Å². The lowest BCUT2D eigenvalue weighted by molar-refractivity contribution is 0.166. The molecule has 2 rings (SSSR count). The Balaban J connectivity index is 3.01. The van der Waals surface area contributed by atoms with Crippen molar-refractivity contribution in [2.45, 2.75) is 11.8 Å². The van der Waals surface area contributed by atoms with Gasteiger partial charge in [0.15, 0.2) is 11.5 Å². The van der Waals surface area contributed by atoms with Crippen LogP contribution in [0.25, 0.3) is 5.69 Å². The third kappa shape index (κ3) is 6.40. The minimum absolute atomic E-state index is 0.101. The van der Waals surface area contributed by atoms with Gasteiger partial charge in [0.2, 0.25) is 20.0 Å². The van der Waals surface area contributed by atoms with Crippen molar-refractivity contribution in [2.75, 3.05) is 34.9 Å². The molecule has 0 radical (unpaired) electrons. The average molecular weight is 608 g/mol. The van der Waals surface area contributed by atoms with Crippen molar-refractivity contribution < 1.29 is 41.0 Å². The SMILES string of the molecule is CCOCNc1c(N(S(C)(=O)=O)S(C)(=O)=O)c(C#N)nn1-c1c(Cl)cc(S(F)(F)(F)(F)F)cc1Cl. The molecule has 0 aliphatic heterocycles. The Labute approximate surface area is 207 Å². The summed E-state index contributed by atoms with van der Waals surface area (Å²) in [4.78, 5) is -2.42. The lowest BCUT2D eigenvalue weighted by Gasteiger charge is -2.40. The second-order valence-corrected chi connectivity index (χ2v) is 13.9. The highest BCUT2D eigenvalue weighted by Crippen LogP contribution is 3.02. The predicted molar refractivity (Wildman–Crippen MR) is 122 cm³/mol. The van der Waals surface area contributed by atoms with E-state index in [0.29, 0.717) is 17.2 Å². The van der Waals surface area contributed by atoms with Gasteiger partial charge in [0, 0.05) is 6.61 Å². The standard InChI is InChI=1S/C15H16Cl2F5N5O5S3/c1-4-32-8-24-15-14(27(33(2,28)29)34(3,30)31)12(7-23)25-26(15)13-10(16)5-9(6-11(13)17)35(18,19,20,21)22/h5-6,24H,4,8H2,1-3H3. The predicted octanol–water partition coefficient (Wildman–Crippen LogP) is 4.84. The van der Waals surface area contributed by atoms with E-state index in [2.05, 4.69) is 10.4 Å². The average Bonchev–Trinajstić information content (AvgIpc) is 2.95. The zero-order valence-corrected chi connectivity index (χ0v) is 21.7. The maximum absolute atomic E-state index is 13.3. The van der Waals surface area contributed by atoms with Gasteiger partial charge in [-0.3, -0.25) is 0 Å². The molecular weight excluding hydrogens is 592 g/mol. The first-order valence-corrected chi connectivity index (χ1v) is 15.2. The molecule has 20 heteroatoms. The summed E-state index contributed by atoms with van der Waals surface area (Å²) in [7, 11) is -19.5. The first-order valence-electron chi connectivity index (χ1n) is 8.81. The normalized spacial score (nSPS) is 14.7. The van der Waals surface area contributed by atoms with Crippen molar-refractivity contribution in [3.8, 4) is 11.8 Å². The number of ether oxygens (including phenoxy) is 1. The molecule has 0 bridgehead atoms. The molecule has 0 saturated carbocycles. The van der Waals surface area contributed by atoms with E-state index in [0.717, 1.165) is 0 Å². The Kier molecular flexibility index (Phi) is 7.11. The van der Waals surface area contributed by atoms with Gasteiger partial charge >= 0.3 is 10.2 Å². The van der Waals surface area contributed by atoms with Gasteiger partial charge in [0.05, 0.1) is 22.6 Å². The molecule has 1 aromatic heterocycles. The summed E-state index contributed by atoms with van der Waals surface area (Å²) >= 11 is 11.7. The molecule has 0 aliphatic rings. The quantitative estimate of drug-likeness (QED) is 0.243. The van der Waals surface area contributed by atoms with Gasteiger partial charge in [0.25, 0.3) is 0 Å². The molecule has 0 atom stereocenters. The van der Waals surface area contributed by atoms with Crippen LogP contribution in [0.2, 0.25) is 10.0 Å². The summed E-state index contributed by atoms with van der Waals surface area (Å²) in [5.74, 6) is -0.616. The number of nitriles is 1. The van der Waals surface area contributed by atoms with Crippen molar-refractivity contribution in [1.82, 2.24) is 9.78 Å². The van der Waals surface area contributed by atoms with Gasteiger partial charge in [0.1, 0.15) is 29.1 Å². The summed E-state index contributed by atoms with van der Waals surface area (Å²) in [5, 5.41) is 13.6. The fourth-order valence-electron chi connectivity index (χ4n) is 2.74. The van der Waals surface area contributed by atoms with Gasteiger partial charge < -0.3 is 10.1 Å². The van der Waals surface area contributed by atoms with Gasteiger partial charge in [-0.25, -0.2) is 21.5 Å². The molecule has 0 fully saturated rings. The Hall–Kier alpha value is -2.04. The molecule has 2 aromatic rings. The van der Waals surface area contributed by atoms with Crippen molar-refractivity contribution in [1.29, 1.82) is 5.26 Å². The highest BCUT2D eigenvalue weighted by molar-refractivity contribution is 8.45. The van der Waals surface area contributed by atoms with E-state index < -0.39 is 74.8 Å². The number of halogens is 7. The summed E-state index contributed by atoms with van der Waals surface area (Å²) in [6.07, 6.45) is 1.00. The van der Waals surface area contributed by atoms with Gasteiger partial charge in [-0.05, 0) is 19.1 Å². The number of anilines is 2. The Bertz CT molecular complexity index is 1390. The van der Waals surface area contributed by atoms with Crippen molar-refractivity contribution in [3.05, 3.63) is 27.9 Å². The molecule has 198 valence electrons. The number of nitrogens with zero attached hydrogens (tertiary/aromatic N) is 4. The number of aromatic nitrogens is 2. The van der Waals surface area contributed by atoms with Crippen LogP contribution in [0.4, 0.5) is 30.9 Å². The smallest absolute Gasteiger partial charge is 0.310 e. The zero-order chi connectivity index (χ0) is 27.3. The molecule has 0 amide bonds. The Morgan fingerprint density at radius 3 is 1.97 bits per heavy atom. The van der Waals surface area contributed by atoms with Gasteiger partial charge in [-0.1, -0.05) is 42.6 Å². The van der Waals surface area contributed by atoms with Crippen LogP contribution in [-0.2, 0) is 24.8 Å². The third-order valence-corrected chi connectivity index (χ3v) is 8.84. The maximum Gasteiger partial charge on any atom is 0.310 e. The van der Waals surface area contributed by atoms with Gasteiger partial charge in [-0.15, -0.1) is 0 Å². The minimum atomic E-state index is -10.2. The van der Waals surface area contributed by atoms with E-state index in [-0.39, 0.29) is 22.5 Å². The number of rotatable bonds is 9. The van der Waals surface area contributed by atoms with Crippen LogP contribution < -0.4 is 9.03 Å². The van der Waals surface area contributed by atoms with Crippen LogP contribution in [0.15, 0.2) is 17.0 Å². The monoisotopic (exact) mass is 607 g/mol. The topological polar surface area (TPSA) is 134 Å². The van der Waals surface area contributed by atoms with E-state index in [9.17, 15) is 41.5 Å². The molecule has 0 spiro atoms. The molecule has 1 N–H and O–H groups in total. The molecule has 0 saturated heterocycles. The summed E-state index contributed by atoms with van der Waals surface area (Å²) in [6, 6.07) is 1.20. The number of sulfonamides is 2. The second-order valence-electron chi connectivity index (χ2n) is 6.81. The third-order valence-electron chi connectivity index (χ3n) is 3.94. The molecule has 35 heavy (non-hydrogen) atoms. The zero-order valence-electron chi connectivity index (χ0n) is 17.8. The largest absolute Gasteiger partial charge is 0.362 e. The van der Waals surface area contributed by atoms with Crippen molar-refractivity contribution in [2.24, 2.45) is 0 Å². The van der Waals surface area contributed by atoms with Crippen molar-refractivity contribution in [3.63, 3.8) is 0 Å². The Morgan fingerprint density at radius 2 is 1.60 bits per heavy atom. The highest BCUT2D eigenvalue weighted by atomic mass is 35.5. The number of hydrogen-bond donors (Lipinski definition) is 1. The van der Waals surface area contributed by atoms with Crippen LogP contribution in [0.1, 0.15) is 12.6 Å². The fraction of sp³-hybridized carbons (Fsp3) is 0.333. The van der Waals surface area contributed by atoms with E-state index in [1.165, 1.54) is 6.07 Å². The minimum Gasteiger partial charge on any atom is -0.362 e. The highest BCUT2D eigenvalue weighted by Gasteiger charge is 2.65. The summed E-state index contributed by atoms with van der Waals surface area (Å²) < 4.78 is 121. The first-order chi connectivity index (χ1) is 15.5. The van der Waals surface area contributed by atoms with Crippen LogP contribution in [0, 0.1) is 11.3 Å². The molecule has 0 aliphatic carbocycles. The summed E-state index contributed by atoms with van der Waals surface area (Å²) in [5.41, 5.74) is -2.40. The number of benzene rings is 1. The van der Waals surface area contributed by atoms with Crippen LogP contribution in [0.5, 0.6) is 0 Å². The maximum atomic E-state index is 13.3. The lowest BCUT2D eigenvalue weighted by Crippen LogP contribution is -2.36. The van der Waals surface area contributed by atoms with Gasteiger partial charge in [-0.2, -0.15) is 14.1 Å².